The number of hydrogen-bond donors (Lipinski definition) is 13. The molecule has 0 radical (unpaired) electrons. The van der Waals surface area contributed by atoms with E-state index in [1.807, 2.05) is 13.8 Å². The number of rotatable bonds is 32. The molecule has 0 fully saturated rings. The van der Waals surface area contributed by atoms with Gasteiger partial charge in [0.1, 0.15) is 30.2 Å². The lowest BCUT2D eigenvalue weighted by Gasteiger charge is -2.26. The van der Waals surface area contributed by atoms with Gasteiger partial charge in [-0.05, 0) is 109 Å². The third kappa shape index (κ3) is 22.9. The number of amides is 6. The minimum Gasteiger partial charge on any atom is -0.480 e. The summed E-state index contributed by atoms with van der Waals surface area (Å²) in [6.07, 6.45) is 5.39. The second kappa shape index (κ2) is 30.3. The Morgan fingerprint density at radius 2 is 0.909 bits per heavy atom. The molecular formula is C35H69N11O9. The number of carbonyl (C=O) groups excluding carboxylic acids is 6. The number of aliphatic carboxylic acids is 1. The van der Waals surface area contributed by atoms with E-state index in [1.165, 1.54) is 0 Å². The van der Waals surface area contributed by atoms with E-state index in [4.69, 9.17) is 28.7 Å². The summed E-state index contributed by atoms with van der Waals surface area (Å²) in [5.74, 6) is -5.68. The van der Waals surface area contributed by atoms with E-state index in [0.717, 1.165) is 0 Å². The Kier molecular flexibility index (Phi) is 28.1. The SMILES string of the molecule is CC(C)C[C@H](NC(=O)[C@H](CCCCN)NC(=O)CNC(=O)[C@H](CO)NC(=O)[C@H](CCCCN)NC(=O)[C@@H](N)CCCCN)C(=O)N[C@@H](CCCCN)C(=O)O. The van der Waals surface area contributed by atoms with Gasteiger partial charge in [-0.15, -0.1) is 0 Å². The fourth-order valence-corrected chi connectivity index (χ4v) is 5.44. The second-order valence-electron chi connectivity index (χ2n) is 14.0. The molecule has 6 amide bonds. The van der Waals surface area contributed by atoms with Gasteiger partial charge in [0, 0.05) is 0 Å². The standard InChI is InChI=1S/C35H69N11O9/c1-22(2)19-27(34(53)44-26(35(54)55)14-6-10-18-39)45-32(51)24(12-4-8-16-37)42-29(48)20-41-31(50)28(21-47)46-33(52)25(13-5-9-17-38)43-30(49)23(40)11-3-7-15-36/h22-28,47H,3-21,36-40H2,1-2H3,(H,41,50)(H,42,48)(H,43,49)(H,44,53)(H,45,51)(H,46,52)(H,54,55)/t23-,24-,25-,26-,27-,28-/m0/s1. The number of aliphatic hydroxyl groups excluding tert-OH is 1. The molecule has 0 bridgehead atoms. The number of nitrogens with one attached hydrogen (secondary N) is 6. The van der Waals surface area contributed by atoms with Crippen molar-refractivity contribution in [1.29, 1.82) is 0 Å². The van der Waals surface area contributed by atoms with Crippen LogP contribution in [0.1, 0.15) is 97.3 Å². The van der Waals surface area contributed by atoms with Crippen molar-refractivity contribution in [3.63, 3.8) is 0 Å². The first-order chi connectivity index (χ1) is 26.1. The first-order valence-corrected chi connectivity index (χ1v) is 19.3. The smallest absolute Gasteiger partial charge is 0.326 e. The minimum atomic E-state index is -1.49. The molecular weight excluding hydrogens is 718 g/mol. The molecule has 0 aromatic carbocycles. The topological polar surface area (TPSA) is 362 Å². The number of aliphatic hydroxyl groups is 1. The van der Waals surface area contributed by atoms with E-state index in [-0.39, 0.29) is 31.6 Å². The Morgan fingerprint density at radius 3 is 1.36 bits per heavy atom. The fraction of sp³-hybridized carbons (Fsp3) is 0.800. The number of hydrogen-bond acceptors (Lipinski definition) is 13. The summed E-state index contributed by atoms with van der Waals surface area (Å²) in [5.41, 5.74) is 28.2. The van der Waals surface area contributed by atoms with E-state index in [0.29, 0.717) is 84.0 Å². The van der Waals surface area contributed by atoms with E-state index in [9.17, 15) is 43.8 Å². The van der Waals surface area contributed by atoms with Gasteiger partial charge in [-0.3, -0.25) is 28.8 Å². The predicted molar refractivity (Wildman–Crippen MR) is 206 cm³/mol. The van der Waals surface area contributed by atoms with Gasteiger partial charge in [-0.1, -0.05) is 20.3 Å². The molecule has 6 atom stereocenters. The summed E-state index contributed by atoms with van der Waals surface area (Å²) < 4.78 is 0. The van der Waals surface area contributed by atoms with Crippen LogP contribution in [0.15, 0.2) is 0 Å². The van der Waals surface area contributed by atoms with Gasteiger partial charge in [0.05, 0.1) is 19.2 Å². The summed E-state index contributed by atoms with van der Waals surface area (Å²) in [7, 11) is 0. The van der Waals surface area contributed by atoms with Crippen LogP contribution in [0.25, 0.3) is 0 Å². The predicted octanol–water partition coefficient (Wildman–Crippen LogP) is -3.51. The highest BCUT2D eigenvalue weighted by molar-refractivity contribution is 5.96. The molecule has 0 aliphatic heterocycles. The fourth-order valence-electron chi connectivity index (χ4n) is 5.44. The van der Waals surface area contributed by atoms with Gasteiger partial charge in [-0.25, -0.2) is 4.79 Å². The van der Waals surface area contributed by atoms with Crippen LogP contribution in [0.2, 0.25) is 0 Å². The molecule has 18 N–H and O–H groups in total. The highest BCUT2D eigenvalue weighted by atomic mass is 16.4. The van der Waals surface area contributed by atoms with Crippen molar-refractivity contribution in [1.82, 2.24) is 31.9 Å². The Bertz CT molecular complexity index is 1180. The van der Waals surface area contributed by atoms with Crippen LogP contribution in [0.4, 0.5) is 0 Å². The molecule has 0 aliphatic rings. The summed E-state index contributed by atoms with van der Waals surface area (Å²) >= 11 is 0. The molecule has 0 heterocycles. The van der Waals surface area contributed by atoms with E-state index in [1.54, 1.807) is 0 Å². The lowest BCUT2D eigenvalue weighted by Crippen LogP contribution is -2.58. The van der Waals surface area contributed by atoms with Gasteiger partial charge in [-0.2, -0.15) is 0 Å². The van der Waals surface area contributed by atoms with Crippen LogP contribution in [-0.4, -0.2) is 127 Å². The lowest BCUT2D eigenvalue weighted by atomic mass is 10.0. The van der Waals surface area contributed by atoms with E-state index < -0.39 is 90.8 Å². The van der Waals surface area contributed by atoms with Gasteiger partial charge in [0.25, 0.3) is 0 Å². The van der Waals surface area contributed by atoms with Gasteiger partial charge < -0.3 is 70.8 Å². The van der Waals surface area contributed by atoms with Crippen molar-refractivity contribution in [2.24, 2.45) is 34.6 Å². The molecule has 0 aromatic rings. The Balaban J connectivity index is 5.64. The third-order valence-electron chi connectivity index (χ3n) is 8.62. The average molecular weight is 788 g/mol. The van der Waals surface area contributed by atoms with Crippen molar-refractivity contribution in [2.45, 2.75) is 134 Å². The van der Waals surface area contributed by atoms with Crippen LogP contribution in [0.5, 0.6) is 0 Å². The van der Waals surface area contributed by atoms with Crippen molar-refractivity contribution < 1.29 is 43.8 Å². The molecule has 0 unspecified atom stereocenters. The van der Waals surface area contributed by atoms with Gasteiger partial charge >= 0.3 is 5.97 Å². The van der Waals surface area contributed by atoms with Crippen molar-refractivity contribution >= 4 is 41.4 Å². The zero-order valence-corrected chi connectivity index (χ0v) is 32.6. The van der Waals surface area contributed by atoms with Crippen LogP contribution in [0, 0.1) is 5.92 Å². The highest BCUT2D eigenvalue weighted by Gasteiger charge is 2.31. The summed E-state index contributed by atoms with van der Waals surface area (Å²) in [4.78, 5) is 90.3. The molecule has 20 heteroatoms. The zero-order chi connectivity index (χ0) is 41.8. The number of nitrogens with two attached hydrogens (primary N) is 5. The summed E-state index contributed by atoms with van der Waals surface area (Å²) in [6.45, 7) is 3.68. The molecule has 0 saturated carbocycles. The number of unbranched alkanes of at least 4 members (excludes halogenated alkanes) is 4. The maximum atomic E-state index is 13.5. The second-order valence-corrected chi connectivity index (χ2v) is 14.0. The molecule has 0 rings (SSSR count). The van der Waals surface area contributed by atoms with Crippen molar-refractivity contribution in [2.75, 3.05) is 39.3 Å². The van der Waals surface area contributed by atoms with E-state index >= 15 is 0 Å². The molecule has 0 spiro atoms. The summed E-state index contributed by atoms with van der Waals surface area (Å²) in [5, 5.41) is 34.5. The van der Waals surface area contributed by atoms with E-state index in [2.05, 4.69) is 31.9 Å². The number of carboxylic acids is 1. The molecule has 0 saturated heterocycles. The van der Waals surface area contributed by atoms with Gasteiger partial charge in [0.2, 0.25) is 35.4 Å². The molecule has 55 heavy (non-hydrogen) atoms. The quantitative estimate of drug-likeness (QED) is 0.0294. The van der Waals surface area contributed by atoms with Gasteiger partial charge in [0.15, 0.2) is 0 Å². The molecule has 318 valence electrons. The molecule has 20 nitrogen and oxygen atoms in total. The maximum absolute atomic E-state index is 13.5. The third-order valence-corrected chi connectivity index (χ3v) is 8.62. The van der Waals surface area contributed by atoms with Crippen LogP contribution < -0.4 is 60.6 Å². The maximum Gasteiger partial charge on any atom is 0.326 e. The Morgan fingerprint density at radius 1 is 0.509 bits per heavy atom. The number of carbonyl (C=O) groups is 7. The minimum absolute atomic E-state index is 0.0708. The Hall–Kier alpha value is -3.95. The first kappa shape index (κ1) is 51.0. The van der Waals surface area contributed by atoms with Crippen LogP contribution in [-0.2, 0) is 33.6 Å². The van der Waals surface area contributed by atoms with Crippen molar-refractivity contribution in [3.05, 3.63) is 0 Å². The largest absolute Gasteiger partial charge is 0.480 e. The molecule has 0 aliphatic carbocycles. The van der Waals surface area contributed by atoms with Crippen LogP contribution >= 0.6 is 0 Å². The monoisotopic (exact) mass is 788 g/mol. The normalized spacial score (nSPS) is 14.4. The molecule has 0 aromatic heterocycles. The number of carboxylic acid groups (broad SMARTS) is 1. The Labute approximate surface area is 324 Å². The summed E-state index contributed by atoms with van der Waals surface area (Å²) in [6, 6.07) is -6.89. The highest BCUT2D eigenvalue weighted by Crippen LogP contribution is 2.10. The average Bonchev–Trinajstić information content (AvgIpc) is 3.14. The lowest BCUT2D eigenvalue weighted by molar-refractivity contribution is -0.142. The van der Waals surface area contributed by atoms with Crippen LogP contribution in [0.3, 0.4) is 0 Å². The van der Waals surface area contributed by atoms with Crippen molar-refractivity contribution in [3.8, 4) is 0 Å². The zero-order valence-electron chi connectivity index (χ0n) is 32.6. The first-order valence-electron chi connectivity index (χ1n) is 19.3.